The summed E-state index contributed by atoms with van der Waals surface area (Å²) >= 11 is 0. The van der Waals surface area contributed by atoms with Gasteiger partial charge in [-0.1, -0.05) is 32.1 Å². The molecule has 0 aromatic carbocycles. The topological polar surface area (TPSA) is 73.9 Å². The molecule has 4 aliphatic rings. The van der Waals surface area contributed by atoms with Crippen molar-refractivity contribution in [1.29, 1.82) is 0 Å². The Labute approximate surface area is 168 Å². The number of esters is 1. The van der Waals surface area contributed by atoms with E-state index in [0.29, 0.717) is 30.6 Å². The summed E-state index contributed by atoms with van der Waals surface area (Å²) in [5.41, 5.74) is 1.94. The Bertz CT molecular complexity index is 709. The molecule has 0 radical (unpaired) electrons. The van der Waals surface area contributed by atoms with Crippen LogP contribution in [0.15, 0.2) is 23.8 Å². The first kappa shape index (κ1) is 19.6. The van der Waals surface area contributed by atoms with Gasteiger partial charge in [-0.15, -0.1) is 0 Å². The molecule has 6 nitrogen and oxygen atoms in total. The van der Waals surface area contributed by atoms with Crippen molar-refractivity contribution in [1.82, 2.24) is 5.32 Å². The van der Waals surface area contributed by atoms with Crippen molar-refractivity contribution in [3.05, 3.63) is 23.8 Å². The smallest absolute Gasteiger partial charge is 0.336 e. The van der Waals surface area contributed by atoms with Crippen molar-refractivity contribution in [3.63, 3.8) is 0 Å². The summed E-state index contributed by atoms with van der Waals surface area (Å²) in [4.78, 5) is 22.9. The molecule has 28 heavy (non-hydrogen) atoms. The number of amides is 1. The zero-order valence-electron chi connectivity index (χ0n) is 16.9. The van der Waals surface area contributed by atoms with E-state index in [1.165, 1.54) is 5.57 Å². The van der Waals surface area contributed by atoms with Gasteiger partial charge in [-0.3, -0.25) is 4.79 Å². The van der Waals surface area contributed by atoms with Gasteiger partial charge in [-0.05, 0) is 49.4 Å². The first-order chi connectivity index (χ1) is 13.4. The number of hydrogen-bond acceptors (Lipinski definition) is 5. The van der Waals surface area contributed by atoms with E-state index in [9.17, 15) is 9.59 Å². The van der Waals surface area contributed by atoms with E-state index >= 15 is 0 Å². The number of hydrogen-bond donors (Lipinski definition) is 1. The van der Waals surface area contributed by atoms with Crippen molar-refractivity contribution in [2.24, 2.45) is 22.7 Å². The third-order valence-electron chi connectivity index (χ3n) is 7.92. The van der Waals surface area contributed by atoms with Crippen molar-refractivity contribution < 1.29 is 25.2 Å². The van der Waals surface area contributed by atoms with Gasteiger partial charge in [0.1, 0.15) is 13.4 Å². The zero-order valence-corrected chi connectivity index (χ0v) is 16.9. The lowest BCUT2D eigenvalue weighted by Gasteiger charge is -2.61. The number of cyclic esters (lactones) is 1. The Morgan fingerprint density at radius 2 is 2.14 bits per heavy atom. The van der Waals surface area contributed by atoms with Crippen molar-refractivity contribution in [2.75, 3.05) is 20.0 Å². The summed E-state index contributed by atoms with van der Waals surface area (Å²) in [7, 11) is 0. The zero-order chi connectivity index (χ0) is 19.9. The molecule has 2 aliphatic carbocycles. The van der Waals surface area contributed by atoms with Gasteiger partial charge in [0, 0.05) is 6.84 Å². The highest BCUT2D eigenvalue weighted by atomic mass is 16.7. The molecule has 4 rings (SSSR count). The SMILES string of the molecule is C=C1CC[C@@H]2[C@]3(C)COCO[C@@H]3CC[C@@]2(C)[C@@H]1C/C=C1/C(=O)OCC1NC=O.[HH]. The van der Waals surface area contributed by atoms with Crippen LogP contribution in [0.25, 0.3) is 0 Å². The summed E-state index contributed by atoms with van der Waals surface area (Å²) in [6, 6.07) is -0.348. The normalized spacial score (nSPS) is 44.6. The number of carbonyl (C=O) groups is 2. The minimum Gasteiger partial charge on any atom is -0.460 e. The average Bonchev–Trinajstić information content (AvgIpc) is 3.00. The average molecular weight is 392 g/mol. The summed E-state index contributed by atoms with van der Waals surface area (Å²) in [6.07, 6.45) is 7.84. The maximum Gasteiger partial charge on any atom is 0.336 e. The van der Waals surface area contributed by atoms with Gasteiger partial charge in [0.2, 0.25) is 6.41 Å². The van der Waals surface area contributed by atoms with E-state index in [0.717, 1.165) is 38.7 Å². The molecule has 0 bridgehead atoms. The molecule has 0 aromatic rings. The molecule has 1 amide bonds. The standard InChI is InChI=1S/C22H31NO5.H2/c1-14-4-7-18-21(2,9-8-19-22(18,3)11-26-13-28-19)16(14)6-5-15-17(23-12-24)10-27-20(15)25;/h5,12,16-19H,1,4,6-11,13H2,2-3H3,(H,23,24);1H/b15-5+;/t16-,17?,18+,19-,21+,22+;/m1./s1. The fourth-order valence-corrected chi connectivity index (χ4v) is 6.43. The summed E-state index contributed by atoms with van der Waals surface area (Å²) < 4.78 is 16.8. The second-order valence-corrected chi connectivity index (χ2v) is 9.30. The first-order valence-corrected chi connectivity index (χ1v) is 10.3. The molecule has 6 heteroatoms. The molecular weight excluding hydrogens is 358 g/mol. The number of carbonyl (C=O) groups excluding carboxylic acids is 2. The largest absolute Gasteiger partial charge is 0.460 e. The first-order valence-electron chi connectivity index (χ1n) is 10.3. The molecule has 0 aromatic heterocycles. The molecule has 2 saturated heterocycles. The highest BCUT2D eigenvalue weighted by Gasteiger charge is 2.59. The lowest BCUT2D eigenvalue weighted by Crippen LogP contribution is -2.60. The third-order valence-corrected chi connectivity index (χ3v) is 7.92. The van der Waals surface area contributed by atoms with Crippen molar-refractivity contribution in [2.45, 2.75) is 58.1 Å². The third kappa shape index (κ3) is 3.01. The Hall–Kier alpha value is -1.66. The molecule has 2 aliphatic heterocycles. The molecular formula is C22H33NO5. The Morgan fingerprint density at radius 1 is 1.32 bits per heavy atom. The predicted molar refractivity (Wildman–Crippen MR) is 105 cm³/mol. The van der Waals surface area contributed by atoms with Gasteiger partial charge in [0.15, 0.2) is 0 Å². The maximum atomic E-state index is 12.1. The molecule has 0 spiro atoms. The Morgan fingerprint density at radius 3 is 2.93 bits per heavy atom. The maximum absolute atomic E-state index is 12.1. The fourth-order valence-electron chi connectivity index (χ4n) is 6.43. The van der Waals surface area contributed by atoms with Crippen LogP contribution in [-0.4, -0.2) is 44.5 Å². The lowest BCUT2D eigenvalue weighted by atomic mass is 9.46. The quantitative estimate of drug-likeness (QED) is 0.345. The molecule has 1 unspecified atom stereocenters. The van der Waals surface area contributed by atoms with E-state index < -0.39 is 0 Å². The number of fused-ring (bicyclic) bond motifs is 3. The number of allylic oxidation sites excluding steroid dienone is 2. The minimum atomic E-state index is -0.348. The van der Waals surface area contributed by atoms with Crippen molar-refractivity contribution in [3.8, 4) is 0 Å². The molecule has 2 saturated carbocycles. The van der Waals surface area contributed by atoms with Gasteiger partial charge in [-0.2, -0.15) is 0 Å². The van der Waals surface area contributed by atoms with Crippen LogP contribution in [0.2, 0.25) is 0 Å². The molecule has 4 fully saturated rings. The van der Waals surface area contributed by atoms with E-state index in [1.54, 1.807) is 0 Å². The number of ether oxygens (including phenoxy) is 3. The summed E-state index contributed by atoms with van der Waals surface area (Å²) in [5.74, 6) is 0.461. The van der Waals surface area contributed by atoms with Gasteiger partial charge in [-0.25, -0.2) is 4.79 Å². The van der Waals surface area contributed by atoms with Crippen LogP contribution in [0.3, 0.4) is 0 Å². The summed E-state index contributed by atoms with van der Waals surface area (Å²) in [5, 5.41) is 2.68. The second-order valence-electron chi connectivity index (χ2n) is 9.30. The lowest BCUT2D eigenvalue weighted by molar-refractivity contribution is -0.259. The van der Waals surface area contributed by atoms with Gasteiger partial charge < -0.3 is 19.5 Å². The van der Waals surface area contributed by atoms with Crippen molar-refractivity contribution >= 4 is 12.4 Å². The highest BCUT2D eigenvalue weighted by Crippen LogP contribution is 2.62. The molecule has 6 atom stereocenters. The second kappa shape index (κ2) is 7.30. The van der Waals surface area contributed by atoms with Crippen LogP contribution < -0.4 is 5.32 Å². The predicted octanol–water partition coefficient (Wildman–Crippen LogP) is 2.98. The highest BCUT2D eigenvalue weighted by molar-refractivity contribution is 5.92. The minimum absolute atomic E-state index is 0. The van der Waals surface area contributed by atoms with Crippen LogP contribution in [0.5, 0.6) is 0 Å². The monoisotopic (exact) mass is 391 g/mol. The van der Waals surface area contributed by atoms with Crippen LogP contribution in [-0.2, 0) is 23.8 Å². The molecule has 1 N–H and O–H groups in total. The Balaban J connectivity index is 0.00000240. The van der Waals surface area contributed by atoms with E-state index in [-0.39, 0.29) is 37.0 Å². The van der Waals surface area contributed by atoms with E-state index in [1.807, 2.05) is 6.08 Å². The molecule has 2 heterocycles. The molecule has 156 valence electrons. The van der Waals surface area contributed by atoms with Crippen LogP contribution in [0.4, 0.5) is 0 Å². The van der Waals surface area contributed by atoms with Gasteiger partial charge >= 0.3 is 5.97 Å². The van der Waals surface area contributed by atoms with Crippen LogP contribution >= 0.6 is 0 Å². The van der Waals surface area contributed by atoms with Crippen LogP contribution in [0.1, 0.15) is 47.4 Å². The van der Waals surface area contributed by atoms with E-state index in [2.05, 4.69) is 25.7 Å². The van der Waals surface area contributed by atoms with Gasteiger partial charge in [0.05, 0.1) is 24.3 Å². The number of nitrogens with one attached hydrogen (secondary N) is 1. The van der Waals surface area contributed by atoms with E-state index in [4.69, 9.17) is 14.2 Å². The Kier molecular flexibility index (Phi) is 5.12. The van der Waals surface area contributed by atoms with Crippen LogP contribution in [0, 0.1) is 22.7 Å². The van der Waals surface area contributed by atoms with Gasteiger partial charge in [0.25, 0.3) is 0 Å². The fraction of sp³-hybridized carbons (Fsp3) is 0.727. The number of rotatable bonds is 4. The summed E-state index contributed by atoms with van der Waals surface area (Å²) in [6.45, 7) is 10.5.